The maximum Gasteiger partial charge on any atom is 0.275 e. The first kappa shape index (κ1) is 24.2. The Morgan fingerprint density at radius 1 is 0.939 bits per heavy atom. The van der Waals surface area contributed by atoms with Gasteiger partial charge in [0.2, 0.25) is 5.75 Å². The number of halogens is 2. The minimum Gasteiger partial charge on any atom is -0.493 e. The molecular weight excluding hydrogens is 467 g/mol. The fraction of sp³-hybridized carbons (Fsp3) is 0.167. The van der Waals surface area contributed by atoms with Gasteiger partial charge in [0.1, 0.15) is 12.4 Å². The molecule has 3 rings (SSSR count). The van der Waals surface area contributed by atoms with Gasteiger partial charge in [-0.25, -0.2) is 5.43 Å². The van der Waals surface area contributed by atoms with E-state index in [-0.39, 0.29) is 6.61 Å². The van der Waals surface area contributed by atoms with Crippen molar-refractivity contribution in [3.8, 4) is 23.0 Å². The molecule has 0 fully saturated rings. The van der Waals surface area contributed by atoms with Gasteiger partial charge in [-0.1, -0.05) is 41.4 Å². The van der Waals surface area contributed by atoms with E-state index in [0.717, 1.165) is 5.56 Å². The van der Waals surface area contributed by atoms with Gasteiger partial charge in [0.15, 0.2) is 11.5 Å². The Labute approximate surface area is 201 Å². The van der Waals surface area contributed by atoms with Gasteiger partial charge in [-0.05, 0) is 36.4 Å². The number of rotatable bonds is 9. The van der Waals surface area contributed by atoms with Crippen molar-refractivity contribution in [1.29, 1.82) is 0 Å². The molecule has 172 valence electrons. The third-order valence-corrected chi connectivity index (χ3v) is 5.18. The summed E-state index contributed by atoms with van der Waals surface area (Å²) in [6, 6.07) is 15.4. The summed E-state index contributed by atoms with van der Waals surface area (Å²) in [4.78, 5) is 12.7. The van der Waals surface area contributed by atoms with Crippen LogP contribution >= 0.6 is 23.2 Å². The van der Waals surface area contributed by atoms with Gasteiger partial charge in [0, 0.05) is 21.2 Å². The monoisotopic (exact) mass is 488 g/mol. The number of methoxy groups -OCH3 is 3. The van der Waals surface area contributed by atoms with Crippen molar-refractivity contribution in [3.05, 3.63) is 81.3 Å². The molecule has 0 aliphatic heterocycles. The van der Waals surface area contributed by atoms with Crippen LogP contribution in [0.25, 0.3) is 0 Å². The lowest BCUT2D eigenvalue weighted by molar-refractivity contribution is 0.0950. The van der Waals surface area contributed by atoms with Crippen LogP contribution < -0.4 is 24.4 Å². The van der Waals surface area contributed by atoms with Gasteiger partial charge in [-0.15, -0.1) is 0 Å². The summed E-state index contributed by atoms with van der Waals surface area (Å²) in [5.74, 6) is 1.38. The molecule has 0 saturated heterocycles. The zero-order valence-corrected chi connectivity index (χ0v) is 19.7. The molecule has 3 aromatic rings. The van der Waals surface area contributed by atoms with Crippen LogP contribution in [0.15, 0.2) is 59.7 Å². The van der Waals surface area contributed by atoms with Gasteiger partial charge in [0.25, 0.3) is 5.91 Å². The van der Waals surface area contributed by atoms with Crippen LogP contribution in [0.5, 0.6) is 23.0 Å². The van der Waals surface area contributed by atoms with Gasteiger partial charge >= 0.3 is 0 Å². The number of hydrogen-bond acceptors (Lipinski definition) is 6. The number of carbonyl (C=O) groups is 1. The minimum absolute atomic E-state index is 0.176. The van der Waals surface area contributed by atoms with Gasteiger partial charge < -0.3 is 18.9 Å². The number of amides is 1. The fourth-order valence-corrected chi connectivity index (χ4v) is 3.44. The highest BCUT2D eigenvalue weighted by Gasteiger charge is 2.14. The van der Waals surface area contributed by atoms with Crippen molar-refractivity contribution in [2.75, 3.05) is 21.3 Å². The van der Waals surface area contributed by atoms with Crippen LogP contribution in [0.4, 0.5) is 0 Å². The van der Waals surface area contributed by atoms with Crippen LogP contribution in [-0.4, -0.2) is 33.5 Å². The molecule has 0 atom stereocenters. The molecule has 7 nitrogen and oxygen atoms in total. The Hall–Kier alpha value is -3.42. The summed E-state index contributed by atoms with van der Waals surface area (Å²) in [5, 5.41) is 5.06. The second-order valence-electron chi connectivity index (χ2n) is 6.68. The molecule has 0 saturated carbocycles. The molecule has 0 aliphatic rings. The number of nitrogens with zero attached hydrogens (tertiary/aromatic N) is 1. The van der Waals surface area contributed by atoms with E-state index in [4.69, 9.17) is 42.1 Å². The van der Waals surface area contributed by atoms with Crippen molar-refractivity contribution in [1.82, 2.24) is 5.43 Å². The molecule has 0 aliphatic carbocycles. The SMILES string of the molecule is COc1cc(/C=N/NC(=O)c2ccccc2OCc2ccc(Cl)cc2Cl)cc(OC)c1OC. The van der Waals surface area contributed by atoms with Crippen molar-refractivity contribution in [3.63, 3.8) is 0 Å². The summed E-state index contributed by atoms with van der Waals surface area (Å²) in [5.41, 5.74) is 4.22. The molecule has 33 heavy (non-hydrogen) atoms. The van der Waals surface area contributed by atoms with E-state index in [1.165, 1.54) is 27.5 Å². The van der Waals surface area contributed by atoms with Gasteiger partial charge in [-0.2, -0.15) is 5.10 Å². The Morgan fingerprint density at radius 2 is 1.64 bits per heavy atom. The van der Waals surface area contributed by atoms with E-state index in [1.54, 1.807) is 54.6 Å². The van der Waals surface area contributed by atoms with E-state index in [9.17, 15) is 4.79 Å². The smallest absolute Gasteiger partial charge is 0.275 e. The van der Waals surface area contributed by atoms with E-state index in [2.05, 4.69) is 10.5 Å². The average molecular weight is 489 g/mol. The van der Waals surface area contributed by atoms with Crippen molar-refractivity contribution >= 4 is 35.3 Å². The first-order valence-corrected chi connectivity index (χ1v) is 10.5. The maximum atomic E-state index is 12.7. The van der Waals surface area contributed by atoms with Gasteiger partial charge in [0.05, 0.1) is 33.1 Å². The molecule has 0 unspecified atom stereocenters. The third kappa shape index (κ3) is 6.09. The number of ether oxygens (including phenoxy) is 4. The Kier molecular flexibility index (Phi) is 8.40. The van der Waals surface area contributed by atoms with Crippen LogP contribution in [-0.2, 0) is 6.61 Å². The van der Waals surface area contributed by atoms with E-state index < -0.39 is 5.91 Å². The molecule has 1 N–H and O–H groups in total. The van der Waals surface area contributed by atoms with Gasteiger partial charge in [-0.3, -0.25) is 4.79 Å². The molecule has 0 aromatic heterocycles. The largest absolute Gasteiger partial charge is 0.493 e. The Balaban J connectivity index is 1.72. The summed E-state index contributed by atoms with van der Waals surface area (Å²) in [6.45, 7) is 0.176. The van der Waals surface area contributed by atoms with Crippen molar-refractivity contribution < 1.29 is 23.7 Å². The number of benzene rings is 3. The fourth-order valence-electron chi connectivity index (χ4n) is 2.98. The highest BCUT2D eigenvalue weighted by atomic mass is 35.5. The molecular formula is C24H22Cl2N2O5. The second-order valence-corrected chi connectivity index (χ2v) is 7.52. The lowest BCUT2D eigenvalue weighted by Crippen LogP contribution is -2.18. The summed E-state index contributed by atoms with van der Waals surface area (Å²) < 4.78 is 21.8. The number of carbonyl (C=O) groups excluding carboxylic acids is 1. The van der Waals surface area contributed by atoms with Crippen LogP contribution in [0.2, 0.25) is 10.0 Å². The highest BCUT2D eigenvalue weighted by molar-refractivity contribution is 6.35. The molecule has 9 heteroatoms. The highest BCUT2D eigenvalue weighted by Crippen LogP contribution is 2.37. The molecule has 0 radical (unpaired) electrons. The van der Waals surface area contributed by atoms with E-state index in [1.807, 2.05) is 0 Å². The van der Waals surface area contributed by atoms with E-state index in [0.29, 0.717) is 44.2 Å². The Morgan fingerprint density at radius 3 is 2.27 bits per heavy atom. The lowest BCUT2D eigenvalue weighted by atomic mass is 10.2. The van der Waals surface area contributed by atoms with Crippen LogP contribution in [0, 0.1) is 0 Å². The van der Waals surface area contributed by atoms with Crippen LogP contribution in [0.1, 0.15) is 21.5 Å². The van der Waals surface area contributed by atoms with Crippen LogP contribution in [0.3, 0.4) is 0 Å². The number of nitrogens with one attached hydrogen (secondary N) is 1. The standard InChI is InChI=1S/C24H22Cl2N2O5/c1-30-21-10-15(11-22(31-2)23(21)32-3)13-27-28-24(29)18-6-4-5-7-20(18)33-14-16-8-9-17(25)12-19(16)26/h4-13H,14H2,1-3H3,(H,28,29)/b27-13+. The first-order valence-electron chi connectivity index (χ1n) is 9.76. The number of para-hydroxylation sites is 1. The normalized spacial score (nSPS) is 10.7. The second kappa shape index (κ2) is 11.4. The third-order valence-electron chi connectivity index (χ3n) is 4.60. The summed E-state index contributed by atoms with van der Waals surface area (Å²) >= 11 is 12.1. The number of hydrogen-bond donors (Lipinski definition) is 1. The van der Waals surface area contributed by atoms with E-state index >= 15 is 0 Å². The molecule has 3 aromatic carbocycles. The van der Waals surface area contributed by atoms with Crippen molar-refractivity contribution in [2.45, 2.75) is 6.61 Å². The number of hydrazone groups is 1. The predicted octanol–water partition coefficient (Wildman–Crippen LogP) is 5.36. The summed E-state index contributed by atoms with van der Waals surface area (Å²) in [7, 11) is 4.57. The topological polar surface area (TPSA) is 78.4 Å². The average Bonchev–Trinajstić information content (AvgIpc) is 2.82. The molecule has 0 spiro atoms. The molecule has 0 heterocycles. The Bertz CT molecular complexity index is 1140. The predicted molar refractivity (Wildman–Crippen MR) is 128 cm³/mol. The van der Waals surface area contributed by atoms with Crippen molar-refractivity contribution in [2.24, 2.45) is 5.10 Å². The quantitative estimate of drug-likeness (QED) is 0.323. The molecule has 1 amide bonds. The molecule has 0 bridgehead atoms. The summed E-state index contributed by atoms with van der Waals surface area (Å²) in [6.07, 6.45) is 1.47. The first-order chi connectivity index (χ1) is 16.0. The zero-order valence-electron chi connectivity index (χ0n) is 18.2. The lowest BCUT2D eigenvalue weighted by Gasteiger charge is -2.13. The zero-order chi connectivity index (χ0) is 23.8. The maximum absolute atomic E-state index is 12.7. The minimum atomic E-state index is -0.434.